The molecule has 218 valence electrons. The second kappa shape index (κ2) is 28.0. The molecule has 0 spiro atoms. The lowest BCUT2D eigenvalue weighted by atomic mass is 9.72. The van der Waals surface area contributed by atoms with Gasteiger partial charge in [0.05, 0.1) is 0 Å². The molecule has 0 aromatic heterocycles. The number of nitrogens with two attached hydrogens (primary N) is 1. The van der Waals surface area contributed by atoms with Crippen LogP contribution in [0.4, 0.5) is 0 Å². The van der Waals surface area contributed by atoms with Gasteiger partial charge in [0.25, 0.3) is 0 Å². The average Bonchev–Trinajstić information content (AvgIpc) is 2.88. The van der Waals surface area contributed by atoms with Gasteiger partial charge in [-0.05, 0) is 31.6 Å². The Balaban J connectivity index is 4.74. The molecule has 0 radical (unpaired) electrons. The predicted molar refractivity (Wildman–Crippen MR) is 167 cm³/mol. The van der Waals surface area contributed by atoms with Crippen LogP contribution in [0.1, 0.15) is 214 Å². The molecule has 0 rings (SSSR count). The van der Waals surface area contributed by atoms with E-state index in [4.69, 9.17) is 5.73 Å². The molecule has 0 aliphatic rings. The van der Waals surface area contributed by atoms with E-state index in [9.17, 15) is 0 Å². The SMILES string of the molecule is CCCCCCCCCCCCC(CCCCCCC)C(N)(CCCCCCC)CCCCCCC. The van der Waals surface area contributed by atoms with Crippen LogP contribution in [0.2, 0.25) is 0 Å². The molecule has 0 aliphatic carbocycles. The summed E-state index contributed by atoms with van der Waals surface area (Å²) in [6, 6.07) is 0. The molecule has 1 nitrogen and oxygen atoms in total. The average molecular weight is 508 g/mol. The fourth-order valence-corrected chi connectivity index (χ4v) is 6.24. The van der Waals surface area contributed by atoms with E-state index in [0.29, 0.717) is 0 Å². The molecule has 0 aromatic carbocycles. The Morgan fingerprint density at radius 3 is 0.917 bits per heavy atom. The number of hydrogen-bond acceptors (Lipinski definition) is 1. The van der Waals surface area contributed by atoms with Crippen molar-refractivity contribution in [2.45, 2.75) is 219 Å². The van der Waals surface area contributed by atoms with Gasteiger partial charge in [-0.3, -0.25) is 0 Å². The summed E-state index contributed by atoms with van der Waals surface area (Å²) in [6.07, 6.45) is 40.5. The minimum absolute atomic E-state index is 0.0997. The zero-order chi connectivity index (χ0) is 26.6. The number of rotatable bonds is 30. The van der Waals surface area contributed by atoms with E-state index in [0.717, 1.165) is 5.92 Å². The molecule has 36 heavy (non-hydrogen) atoms. The van der Waals surface area contributed by atoms with Crippen molar-refractivity contribution >= 4 is 0 Å². The molecule has 1 atom stereocenters. The zero-order valence-corrected chi connectivity index (χ0v) is 26.2. The molecule has 0 saturated carbocycles. The molecule has 0 saturated heterocycles. The standard InChI is InChI=1S/C35H73N/c1-5-9-13-17-18-19-20-21-23-27-31-34(30-26-22-14-10-6-2)35(36,32-28-24-15-11-7-3)33-29-25-16-12-8-4/h34H,5-33,36H2,1-4H3. The number of hydrogen-bond donors (Lipinski definition) is 1. The van der Waals surface area contributed by atoms with E-state index in [1.807, 2.05) is 0 Å². The Morgan fingerprint density at radius 1 is 0.361 bits per heavy atom. The highest BCUT2D eigenvalue weighted by Crippen LogP contribution is 2.35. The first-order chi connectivity index (χ1) is 17.6. The predicted octanol–water partition coefficient (Wildman–Crippen LogP) is 12.7. The van der Waals surface area contributed by atoms with Gasteiger partial charge in [-0.2, -0.15) is 0 Å². The van der Waals surface area contributed by atoms with E-state index in [1.54, 1.807) is 0 Å². The van der Waals surface area contributed by atoms with Crippen molar-refractivity contribution < 1.29 is 0 Å². The van der Waals surface area contributed by atoms with Gasteiger partial charge in [0, 0.05) is 5.54 Å². The van der Waals surface area contributed by atoms with Crippen molar-refractivity contribution in [1.29, 1.82) is 0 Å². The van der Waals surface area contributed by atoms with Crippen LogP contribution in [0.15, 0.2) is 0 Å². The maximum atomic E-state index is 7.43. The third-order valence-corrected chi connectivity index (χ3v) is 8.87. The third kappa shape index (κ3) is 22.0. The molecule has 0 bridgehead atoms. The first-order valence-corrected chi connectivity index (χ1v) is 17.4. The number of unbranched alkanes of at least 4 members (excludes halogenated alkanes) is 21. The minimum atomic E-state index is 0.0997. The van der Waals surface area contributed by atoms with Gasteiger partial charge in [0.15, 0.2) is 0 Å². The van der Waals surface area contributed by atoms with Crippen LogP contribution in [0.25, 0.3) is 0 Å². The van der Waals surface area contributed by atoms with Gasteiger partial charge in [-0.1, -0.05) is 188 Å². The van der Waals surface area contributed by atoms with Crippen molar-refractivity contribution in [2.24, 2.45) is 11.7 Å². The van der Waals surface area contributed by atoms with Gasteiger partial charge in [-0.25, -0.2) is 0 Å². The second-order valence-corrected chi connectivity index (χ2v) is 12.4. The monoisotopic (exact) mass is 508 g/mol. The Labute approximate surface area is 230 Å². The fourth-order valence-electron chi connectivity index (χ4n) is 6.24. The van der Waals surface area contributed by atoms with E-state index in [2.05, 4.69) is 27.7 Å². The smallest absolute Gasteiger partial charge is 0.0182 e. The highest BCUT2D eigenvalue weighted by molar-refractivity contribution is 4.91. The first-order valence-electron chi connectivity index (χ1n) is 17.4. The molecule has 0 fully saturated rings. The summed E-state index contributed by atoms with van der Waals surface area (Å²) >= 11 is 0. The molecule has 2 N–H and O–H groups in total. The maximum absolute atomic E-state index is 7.43. The van der Waals surface area contributed by atoms with Crippen LogP contribution in [0.3, 0.4) is 0 Å². The summed E-state index contributed by atoms with van der Waals surface area (Å²) in [5.74, 6) is 0.755. The molecule has 0 amide bonds. The Morgan fingerprint density at radius 2 is 0.611 bits per heavy atom. The fraction of sp³-hybridized carbons (Fsp3) is 1.00. The van der Waals surface area contributed by atoms with Crippen LogP contribution in [-0.2, 0) is 0 Å². The van der Waals surface area contributed by atoms with Gasteiger partial charge >= 0.3 is 0 Å². The summed E-state index contributed by atoms with van der Waals surface area (Å²) in [5.41, 5.74) is 7.53. The molecule has 0 aliphatic heterocycles. The lowest BCUT2D eigenvalue weighted by Gasteiger charge is -2.39. The summed E-state index contributed by atoms with van der Waals surface area (Å²) in [4.78, 5) is 0. The van der Waals surface area contributed by atoms with Crippen molar-refractivity contribution in [2.75, 3.05) is 0 Å². The van der Waals surface area contributed by atoms with Crippen LogP contribution >= 0.6 is 0 Å². The zero-order valence-electron chi connectivity index (χ0n) is 26.2. The van der Waals surface area contributed by atoms with E-state index in [1.165, 1.54) is 186 Å². The lowest BCUT2D eigenvalue weighted by molar-refractivity contribution is 0.189. The lowest BCUT2D eigenvalue weighted by Crippen LogP contribution is -2.47. The third-order valence-electron chi connectivity index (χ3n) is 8.87. The minimum Gasteiger partial charge on any atom is -0.325 e. The van der Waals surface area contributed by atoms with Crippen LogP contribution < -0.4 is 5.73 Å². The van der Waals surface area contributed by atoms with Crippen LogP contribution in [-0.4, -0.2) is 5.54 Å². The molecule has 0 aromatic rings. The van der Waals surface area contributed by atoms with Crippen LogP contribution in [0.5, 0.6) is 0 Å². The topological polar surface area (TPSA) is 26.0 Å². The largest absolute Gasteiger partial charge is 0.325 e. The maximum Gasteiger partial charge on any atom is 0.0182 e. The quantitative estimate of drug-likeness (QED) is 0.0961. The van der Waals surface area contributed by atoms with Crippen molar-refractivity contribution in [1.82, 2.24) is 0 Å². The second-order valence-electron chi connectivity index (χ2n) is 12.4. The van der Waals surface area contributed by atoms with Crippen molar-refractivity contribution in [3.05, 3.63) is 0 Å². The van der Waals surface area contributed by atoms with E-state index >= 15 is 0 Å². The summed E-state index contributed by atoms with van der Waals surface area (Å²) in [7, 11) is 0. The van der Waals surface area contributed by atoms with E-state index < -0.39 is 0 Å². The molecular weight excluding hydrogens is 434 g/mol. The normalized spacial score (nSPS) is 12.9. The molecule has 1 heteroatoms. The highest BCUT2D eigenvalue weighted by Gasteiger charge is 2.33. The summed E-state index contributed by atoms with van der Waals surface area (Å²) < 4.78 is 0. The Kier molecular flexibility index (Phi) is 27.9. The summed E-state index contributed by atoms with van der Waals surface area (Å²) in [5, 5.41) is 0. The highest BCUT2D eigenvalue weighted by atomic mass is 14.8. The molecule has 0 heterocycles. The van der Waals surface area contributed by atoms with Gasteiger partial charge in [0.1, 0.15) is 0 Å². The first kappa shape index (κ1) is 36.0. The van der Waals surface area contributed by atoms with E-state index in [-0.39, 0.29) is 5.54 Å². The van der Waals surface area contributed by atoms with Gasteiger partial charge < -0.3 is 5.73 Å². The Bertz CT molecular complexity index is 389. The van der Waals surface area contributed by atoms with Crippen LogP contribution in [0, 0.1) is 5.92 Å². The van der Waals surface area contributed by atoms with Crippen molar-refractivity contribution in [3.8, 4) is 0 Å². The Hall–Kier alpha value is -0.0400. The van der Waals surface area contributed by atoms with Gasteiger partial charge in [0.2, 0.25) is 0 Å². The van der Waals surface area contributed by atoms with Crippen molar-refractivity contribution in [3.63, 3.8) is 0 Å². The summed E-state index contributed by atoms with van der Waals surface area (Å²) in [6.45, 7) is 9.29. The molecular formula is C35H73N. The molecule has 1 unspecified atom stereocenters. The van der Waals surface area contributed by atoms with Gasteiger partial charge in [-0.15, -0.1) is 0 Å².